The van der Waals surface area contributed by atoms with Gasteiger partial charge < -0.3 is 0 Å². The Balaban J connectivity index is 2.34. The molecule has 5 nitrogen and oxygen atoms in total. The molecule has 0 fully saturated rings. The van der Waals surface area contributed by atoms with E-state index >= 15 is 0 Å². The van der Waals surface area contributed by atoms with Crippen LogP contribution < -0.4 is 0 Å². The number of rotatable bonds is 1. The summed E-state index contributed by atoms with van der Waals surface area (Å²) in [7, 11) is 0. The summed E-state index contributed by atoms with van der Waals surface area (Å²) in [5, 5.41) is 10.3. The van der Waals surface area contributed by atoms with Crippen LogP contribution in [0.25, 0.3) is 0 Å². The van der Waals surface area contributed by atoms with Crippen molar-refractivity contribution in [3.8, 4) is 0 Å². The van der Waals surface area contributed by atoms with E-state index in [0.29, 0.717) is 5.56 Å². The van der Waals surface area contributed by atoms with Crippen LogP contribution in [-0.4, -0.2) is 26.1 Å². The molecule has 0 spiro atoms. The van der Waals surface area contributed by atoms with Crippen LogP contribution in [0.1, 0.15) is 10.4 Å². The second-order valence-electron chi connectivity index (χ2n) is 2.43. The molecule has 0 saturated heterocycles. The Hall–Kier alpha value is -2.04. The number of carbonyl (C=O) groups excluding carboxylic acids is 1. The Morgan fingerprint density at radius 3 is 2.62 bits per heavy atom. The molecule has 0 aliphatic rings. The first-order valence-electron chi connectivity index (χ1n) is 3.70. The molecular weight excluding hydrogens is 168 g/mol. The van der Waals surface area contributed by atoms with Gasteiger partial charge >= 0.3 is 0 Å². The zero-order valence-electron chi connectivity index (χ0n) is 6.66. The van der Waals surface area contributed by atoms with Crippen molar-refractivity contribution in [1.29, 1.82) is 0 Å². The third-order valence-corrected chi connectivity index (χ3v) is 1.58. The lowest BCUT2D eigenvalue weighted by Gasteiger charge is -1.96. The van der Waals surface area contributed by atoms with Gasteiger partial charge in [0.15, 0.2) is 0 Å². The number of carbonyl (C=O) groups is 1. The van der Waals surface area contributed by atoms with E-state index in [-0.39, 0.29) is 5.91 Å². The van der Waals surface area contributed by atoms with Gasteiger partial charge in [0.1, 0.15) is 6.33 Å². The summed E-state index contributed by atoms with van der Waals surface area (Å²) < 4.78 is 1.09. The summed E-state index contributed by atoms with van der Waals surface area (Å²) in [5.74, 6) is -0.231. The van der Waals surface area contributed by atoms with Crippen molar-refractivity contribution in [3.63, 3.8) is 0 Å². The molecule has 1 aromatic heterocycles. The van der Waals surface area contributed by atoms with Crippen molar-refractivity contribution in [1.82, 2.24) is 20.2 Å². The molecule has 1 heterocycles. The molecule has 0 aliphatic carbocycles. The maximum Gasteiger partial charge on any atom is 0.281 e. The van der Waals surface area contributed by atoms with Gasteiger partial charge in [-0.1, -0.05) is 18.2 Å². The minimum Gasteiger partial charge on any atom is -0.267 e. The topological polar surface area (TPSA) is 60.7 Å². The highest BCUT2D eigenvalue weighted by atomic mass is 16.2. The van der Waals surface area contributed by atoms with Gasteiger partial charge in [-0.05, 0) is 22.6 Å². The fraction of sp³-hybridized carbons (Fsp3) is 0. The predicted molar refractivity (Wildman–Crippen MR) is 44.0 cm³/mol. The molecule has 0 atom stereocenters. The van der Waals surface area contributed by atoms with Crippen molar-refractivity contribution < 1.29 is 4.79 Å². The van der Waals surface area contributed by atoms with Crippen LogP contribution in [0.5, 0.6) is 0 Å². The highest BCUT2D eigenvalue weighted by Crippen LogP contribution is 1.99. The summed E-state index contributed by atoms with van der Waals surface area (Å²) in [6, 6.07) is 8.85. The van der Waals surface area contributed by atoms with Crippen molar-refractivity contribution >= 4 is 5.91 Å². The fourth-order valence-corrected chi connectivity index (χ4v) is 0.967. The van der Waals surface area contributed by atoms with Gasteiger partial charge in [0, 0.05) is 5.56 Å². The van der Waals surface area contributed by atoms with Gasteiger partial charge in [0.2, 0.25) is 0 Å². The number of hydrogen-bond acceptors (Lipinski definition) is 4. The first kappa shape index (κ1) is 7.60. The van der Waals surface area contributed by atoms with E-state index in [0.717, 1.165) is 4.68 Å². The third kappa shape index (κ3) is 1.44. The van der Waals surface area contributed by atoms with E-state index in [1.54, 1.807) is 24.3 Å². The summed E-state index contributed by atoms with van der Waals surface area (Å²) in [6.45, 7) is 0. The molecule has 0 aliphatic heterocycles. The lowest BCUT2D eigenvalue weighted by Crippen LogP contribution is -2.12. The van der Waals surface area contributed by atoms with E-state index in [1.807, 2.05) is 6.07 Å². The average molecular weight is 174 g/mol. The van der Waals surface area contributed by atoms with Gasteiger partial charge in [-0.3, -0.25) is 4.79 Å². The molecule has 64 valence electrons. The summed E-state index contributed by atoms with van der Waals surface area (Å²) in [5.41, 5.74) is 0.565. The normalized spacial score (nSPS) is 9.85. The van der Waals surface area contributed by atoms with Gasteiger partial charge in [0.25, 0.3) is 5.91 Å². The van der Waals surface area contributed by atoms with Crippen molar-refractivity contribution in [3.05, 3.63) is 42.2 Å². The SMILES string of the molecule is O=C(c1ccccc1)n1cnnn1. The standard InChI is InChI=1S/C8H6N4O/c13-8(12-6-9-10-11-12)7-4-2-1-3-5-7/h1-6H. The van der Waals surface area contributed by atoms with Crippen molar-refractivity contribution in [2.24, 2.45) is 0 Å². The number of benzene rings is 1. The largest absolute Gasteiger partial charge is 0.281 e. The Labute approximate surface area is 74.0 Å². The number of tetrazole rings is 1. The first-order chi connectivity index (χ1) is 6.38. The molecule has 5 heteroatoms. The molecule has 2 aromatic rings. The summed E-state index contributed by atoms with van der Waals surface area (Å²) >= 11 is 0. The molecule has 0 unspecified atom stereocenters. The van der Waals surface area contributed by atoms with Crippen LogP contribution in [0.4, 0.5) is 0 Å². The molecule has 0 radical (unpaired) electrons. The zero-order valence-corrected chi connectivity index (χ0v) is 6.66. The molecule has 13 heavy (non-hydrogen) atoms. The number of hydrogen-bond donors (Lipinski definition) is 0. The Morgan fingerprint density at radius 2 is 2.00 bits per heavy atom. The van der Waals surface area contributed by atoms with Gasteiger partial charge in [-0.15, -0.1) is 5.10 Å². The van der Waals surface area contributed by atoms with Gasteiger partial charge in [0.05, 0.1) is 0 Å². The molecule has 2 rings (SSSR count). The van der Waals surface area contributed by atoms with Crippen molar-refractivity contribution in [2.45, 2.75) is 0 Å². The quantitative estimate of drug-likeness (QED) is 0.586. The van der Waals surface area contributed by atoms with Crippen LogP contribution in [0, 0.1) is 0 Å². The molecule has 0 N–H and O–H groups in total. The van der Waals surface area contributed by atoms with Gasteiger partial charge in [-0.2, -0.15) is 4.68 Å². The lowest BCUT2D eigenvalue weighted by molar-refractivity contribution is 0.0942. The third-order valence-electron chi connectivity index (χ3n) is 1.58. The fourth-order valence-electron chi connectivity index (χ4n) is 0.967. The van der Waals surface area contributed by atoms with Crippen LogP contribution in [0.15, 0.2) is 36.7 Å². The summed E-state index contributed by atoms with van der Waals surface area (Å²) in [6.07, 6.45) is 1.27. The molecule has 0 bridgehead atoms. The van der Waals surface area contributed by atoms with Gasteiger partial charge in [-0.25, -0.2) is 0 Å². The first-order valence-corrected chi connectivity index (χ1v) is 3.70. The van der Waals surface area contributed by atoms with Crippen LogP contribution in [-0.2, 0) is 0 Å². The Morgan fingerprint density at radius 1 is 1.23 bits per heavy atom. The molecule has 1 aromatic carbocycles. The summed E-state index contributed by atoms with van der Waals surface area (Å²) in [4.78, 5) is 11.5. The van der Waals surface area contributed by atoms with Crippen LogP contribution in [0.3, 0.4) is 0 Å². The molecule has 0 amide bonds. The van der Waals surface area contributed by atoms with E-state index in [2.05, 4.69) is 15.5 Å². The second kappa shape index (κ2) is 3.14. The highest BCUT2D eigenvalue weighted by molar-refractivity contribution is 5.94. The lowest BCUT2D eigenvalue weighted by atomic mass is 10.2. The van der Waals surface area contributed by atoms with Crippen molar-refractivity contribution in [2.75, 3.05) is 0 Å². The second-order valence-corrected chi connectivity index (χ2v) is 2.43. The monoisotopic (exact) mass is 174 g/mol. The van der Waals surface area contributed by atoms with Crippen LogP contribution >= 0.6 is 0 Å². The van der Waals surface area contributed by atoms with Crippen LogP contribution in [0.2, 0.25) is 0 Å². The Kier molecular flexibility index (Phi) is 1.84. The van der Waals surface area contributed by atoms with E-state index in [1.165, 1.54) is 6.33 Å². The molecule has 0 saturated carbocycles. The maximum absolute atomic E-state index is 11.5. The highest BCUT2D eigenvalue weighted by Gasteiger charge is 2.07. The van der Waals surface area contributed by atoms with E-state index in [9.17, 15) is 4.79 Å². The predicted octanol–water partition coefficient (Wildman–Crippen LogP) is 0.362. The zero-order chi connectivity index (χ0) is 9.10. The van der Waals surface area contributed by atoms with E-state index < -0.39 is 0 Å². The van der Waals surface area contributed by atoms with E-state index in [4.69, 9.17) is 0 Å². The number of nitrogens with zero attached hydrogens (tertiary/aromatic N) is 4. The average Bonchev–Trinajstić information content (AvgIpc) is 2.71. The minimum absolute atomic E-state index is 0.231. The maximum atomic E-state index is 11.5. The Bertz CT molecular complexity index is 395. The number of aromatic nitrogens is 4. The smallest absolute Gasteiger partial charge is 0.267 e. The minimum atomic E-state index is -0.231. The molecular formula is C8H6N4O.